The molecule has 0 aliphatic carbocycles. The van der Waals surface area contributed by atoms with Crippen LogP contribution in [0.2, 0.25) is 0 Å². The normalized spacial score (nSPS) is 12.5. The molecular formula is C7H9IN3PS. The minimum atomic E-state index is 0.674. The van der Waals surface area contributed by atoms with Gasteiger partial charge in [-0.2, -0.15) is 5.10 Å². The maximum Gasteiger partial charge on any atom is 0.116 e. The molecule has 3 nitrogen and oxygen atoms in total. The van der Waals surface area contributed by atoms with Crippen molar-refractivity contribution in [2.75, 3.05) is 7.05 Å². The van der Waals surface area contributed by atoms with Crippen LogP contribution >= 0.6 is 39.8 Å². The first kappa shape index (κ1) is 11.1. The van der Waals surface area contributed by atoms with Crippen LogP contribution in [0.1, 0.15) is 5.01 Å². The van der Waals surface area contributed by atoms with Gasteiger partial charge in [-0.05, 0) is 34.2 Å². The average molecular weight is 325 g/mol. The third-order valence-electron chi connectivity index (χ3n) is 1.14. The van der Waals surface area contributed by atoms with Crippen molar-refractivity contribution in [2.24, 2.45) is 5.10 Å². The van der Waals surface area contributed by atoms with E-state index in [0.717, 1.165) is 5.01 Å². The molecule has 1 heterocycles. The molecule has 13 heavy (non-hydrogen) atoms. The Morgan fingerprint density at radius 3 is 3.23 bits per heavy atom. The number of hydrogen-bond acceptors (Lipinski definition) is 4. The first-order valence-corrected chi connectivity index (χ1v) is 8.47. The summed E-state index contributed by atoms with van der Waals surface area (Å²) >= 11 is 3.90. The number of hydrogen-bond donors (Lipinski definition) is 0. The molecule has 0 bridgehead atoms. The highest BCUT2D eigenvalue weighted by Gasteiger charge is 1.85. The highest BCUT2D eigenvalue weighted by molar-refractivity contribution is 14.2. The van der Waals surface area contributed by atoms with Gasteiger partial charge in [-0.25, -0.2) is 4.98 Å². The van der Waals surface area contributed by atoms with Gasteiger partial charge >= 0.3 is 0 Å². The summed E-state index contributed by atoms with van der Waals surface area (Å²) in [6.07, 6.45) is 8.07. The van der Waals surface area contributed by atoms with E-state index in [1.807, 2.05) is 29.4 Å². The van der Waals surface area contributed by atoms with Crippen LogP contribution < -0.4 is 0 Å². The lowest BCUT2D eigenvalue weighted by molar-refractivity contribution is 0.618. The van der Waals surface area contributed by atoms with Crippen LogP contribution in [0.25, 0.3) is 6.08 Å². The second kappa shape index (κ2) is 6.45. The number of aromatic nitrogens is 1. The molecule has 0 aromatic carbocycles. The summed E-state index contributed by atoms with van der Waals surface area (Å²) in [5.41, 5.74) is 0. The van der Waals surface area contributed by atoms with Crippen molar-refractivity contribution in [1.82, 2.24) is 9.76 Å². The fourth-order valence-electron chi connectivity index (χ4n) is 0.602. The number of rotatable bonds is 4. The smallest absolute Gasteiger partial charge is 0.116 e. The zero-order valence-electron chi connectivity index (χ0n) is 7.01. The molecule has 0 spiro atoms. The second-order valence-corrected chi connectivity index (χ2v) is 5.29. The van der Waals surface area contributed by atoms with E-state index in [4.69, 9.17) is 0 Å². The van der Waals surface area contributed by atoms with E-state index in [2.05, 4.69) is 32.1 Å². The fourth-order valence-corrected chi connectivity index (χ4v) is 1.63. The molecule has 0 amide bonds. The van der Waals surface area contributed by atoms with Gasteiger partial charge in [0.15, 0.2) is 0 Å². The van der Waals surface area contributed by atoms with Gasteiger partial charge in [-0.15, -0.1) is 11.3 Å². The van der Waals surface area contributed by atoms with Crippen molar-refractivity contribution in [1.29, 1.82) is 0 Å². The van der Waals surface area contributed by atoms with Crippen molar-refractivity contribution in [3.8, 4) is 0 Å². The van der Waals surface area contributed by atoms with Crippen LogP contribution in [-0.2, 0) is 0 Å². The molecule has 1 rings (SSSR count). The highest BCUT2D eigenvalue weighted by atomic mass is 127. The minimum absolute atomic E-state index is 0.674. The molecule has 0 aliphatic rings. The second-order valence-electron chi connectivity index (χ2n) is 2.10. The Balaban J connectivity index is 2.38. The standard InChI is InChI=1S/C7H9IN3PS/c1-11(12-8)10-4-2-3-7-9-5-6-13-7/h2-6,12H,1H3/b3-2+,10-4-. The zero-order valence-corrected chi connectivity index (χ0v) is 11.0. The van der Waals surface area contributed by atoms with Gasteiger partial charge in [0.2, 0.25) is 0 Å². The Morgan fingerprint density at radius 1 is 1.77 bits per heavy atom. The van der Waals surface area contributed by atoms with Gasteiger partial charge in [0, 0.05) is 24.8 Å². The number of hydrazone groups is 1. The van der Waals surface area contributed by atoms with E-state index >= 15 is 0 Å². The van der Waals surface area contributed by atoms with E-state index in [0.29, 0.717) is 6.37 Å². The molecule has 1 atom stereocenters. The van der Waals surface area contributed by atoms with Crippen LogP contribution in [-0.4, -0.2) is 23.0 Å². The first-order valence-electron chi connectivity index (χ1n) is 3.53. The SMILES string of the molecule is CN(/N=C\C=C\c1nccs1)PI. The van der Waals surface area contributed by atoms with E-state index < -0.39 is 0 Å². The maximum atomic E-state index is 4.15. The molecular weight excluding hydrogens is 316 g/mol. The van der Waals surface area contributed by atoms with Crippen molar-refractivity contribution < 1.29 is 0 Å². The lowest BCUT2D eigenvalue weighted by atomic mass is 10.5. The average Bonchev–Trinajstić information content (AvgIpc) is 2.64. The van der Waals surface area contributed by atoms with Gasteiger partial charge in [0.05, 0.1) is 6.37 Å². The van der Waals surface area contributed by atoms with Crippen LogP contribution in [0.3, 0.4) is 0 Å². The molecule has 0 saturated carbocycles. The number of nitrogens with zero attached hydrogens (tertiary/aromatic N) is 3. The maximum absolute atomic E-state index is 4.15. The van der Waals surface area contributed by atoms with Crippen molar-refractivity contribution in [3.05, 3.63) is 22.7 Å². The van der Waals surface area contributed by atoms with Gasteiger partial charge in [0.25, 0.3) is 0 Å². The Hall–Kier alpha value is 0. The highest BCUT2D eigenvalue weighted by Crippen LogP contribution is 2.24. The van der Waals surface area contributed by atoms with Crippen LogP contribution in [0, 0.1) is 0 Å². The summed E-state index contributed by atoms with van der Waals surface area (Å²) in [6.45, 7) is 0. The topological polar surface area (TPSA) is 28.5 Å². The third kappa shape index (κ3) is 4.69. The van der Waals surface area contributed by atoms with Crippen LogP contribution in [0.5, 0.6) is 0 Å². The van der Waals surface area contributed by atoms with Crippen molar-refractivity contribution in [2.45, 2.75) is 0 Å². The summed E-state index contributed by atoms with van der Waals surface area (Å²) < 4.78 is 1.88. The Bertz CT molecular complexity index is 286. The molecule has 0 N–H and O–H groups in total. The monoisotopic (exact) mass is 325 g/mol. The lowest BCUT2D eigenvalue weighted by Gasteiger charge is -2.04. The van der Waals surface area contributed by atoms with Crippen molar-refractivity contribution in [3.63, 3.8) is 0 Å². The molecule has 0 fully saturated rings. The first-order chi connectivity index (χ1) is 6.33. The van der Waals surface area contributed by atoms with E-state index in [1.165, 1.54) is 0 Å². The van der Waals surface area contributed by atoms with E-state index in [1.54, 1.807) is 23.7 Å². The molecule has 70 valence electrons. The predicted molar refractivity (Wildman–Crippen MR) is 69.7 cm³/mol. The van der Waals surface area contributed by atoms with Gasteiger partial charge in [-0.1, -0.05) is 0 Å². The van der Waals surface area contributed by atoms with Crippen LogP contribution in [0.15, 0.2) is 22.8 Å². The molecule has 0 saturated heterocycles. The van der Waals surface area contributed by atoms with Crippen LogP contribution in [0.4, 0.5) is 0 Å². The summed E-state index contributed by atoms with van der Waals surface area (Å²) in [6, 6.07) is 0. The van der Waals surface area contributed by atoms with Gasteiger partial charge in [0.1, 0.15) is 5.01 Å². The summed E-state index contributed by atoms with van der Waals surface area (Å²) in [4.78, 5) is 4.11. The largest absolute Gasteiger partial charge is 0.273 e. The van der Waals surface area contributed by atoms with Gasteiger partial charge < -0.3 is 0 Å². The molecule has 0 aliphatic heterocycles. The summed E-state index contributed by atoms with van der Waals surface area (Å²) in [5.74, 6) is 0. The fraction of sp³-hybridized carbons (Fsp3) is 0.143. The molecule has 1 aromatic rings. The lowest BCUT2D eigenvalue weighted by Crippen LogP contribution is -1.92. The summed E-state index contributed by atoms with van der Waals surface area (Å²) in [5, 5.41) is 7.10. The third-order valence-corrected chi connectivity index (χ3v) is 4.33. The minimum Gasteiger partial charge on any atom is -0.273 e. The molecule has 6 heteroatoms. The predicted octanol–water partition coefficient (Wildman–Crippen LogP) is 3.02. The van der Waals surface area contributed by atoms with Gasteiger partial charge in [-0.3, -0.25) is 4.78 Å². The Labute approximate surface area is 96.3 Å². The molecule has 0 radical (unpaired) electrons. The summed E-state index contributed by atoms with van der Waals surface area (Å²) in [7, 11) is 1.94. The molecule has 1 aromatic heterocycles. The number of allylic oxidation sites excluding steroid dienone is 1. The molecule has 1 unspecified atom stereocenters. The van der Waals surface area contributed by atoms with Crippen molar-refractivity contribution >= 4 is 52.0 Å². The Kier molecular flexibility index (Phi) is 5.50. The van der Waals surface area contributed by atoms with E-state index in [-0.39, 0.29) is 0 Å². The number of halogens is 1. The zero-order chi connectivity index (χ0) is 9.52. The quantitative estimate of drug-likeness (QED) is 0.368. The van der Waals surface area contributed by atoms with E-state index in [9.17, 15) is 0 Å². The number of thiazole rings is 1. The Morgan fingerprint density at radius 2 is 2.62 bits per heavy atom.